The Morgan fingerprint density at radius 3 is 2.36 bits per heavy atom. The number of carbonyl (C=O) groups excluding carboxylic acids is 2. The maximum atomic E-state index is 13.2. The number of aliphatic imine (C=N–C) groups is 1. The van der Waals surface area contributed by atoms with E-state index in [1.165, 1.54) is 36.0 Å². The van der Waals surface area contributed by atoms with Gasteiger partial charge in [-0.05, 0) is 66.2 Å². The SMILES string of the molecule is COc1ccc(CN2C(=O)CC(C(=O)Nc3ccc(C(=O)O)cc3)SC2=Nc2ccc(Cl)cc2)cc1. The number of rotatable bonds is 7. The van der Waals surface area contributed by atoms with E-state index in [0.29, 0.717) is 27.3 Å². The molecule has 2 N–H and O–H groups in total. The van der Waals surface area contributed by atoms with Crippen LogP contribution in [0, 0.1) is 0 Å². The first-order chi connectivity index (χ1) is 17.3. The Morgan fingerprint density at radius 1 is 1.08 bits per heavy atom. The maximum absolute atomic E-state index is 13.2. The van der Waals surface area contributed by atoms with Gasteiger partial charge in [0.15, 0.2) is 5.17 Å². The standard InChI is InChI=1S/C26H22ClN3O5S/c1-35-21-12-2-16(3-13-21)15-30-23(31)14-22(36-26(30)29-20-10-6-18(27)7-11-20)24(32)28-19-8-4-17(5-9-19)25(33)34/h2-13,22H,14-15H2,1H3,(H,28,32)(H,33,34). The summed E-state index contributed by atoms with van der Waals surface area (Å²) in [6, 6.07) is 20.1. The van der Waals surface area contributed by atoms with Crippen LogP contribution in [0.2, 0.25) is 5.02 Å². The van der Waals surface area contributed by atoms with Gasteiger partial charge in [-0.3, -0.25) is 14.5 Å². The number of aromatic carboxylic acids is 1. The quantitative estimate of drug-likeness (QED) is 0.440. The zero-order chi connectivity index (χ0) is 25.7. The summed E-state index contributed by atoms with van der Waals surface area (Å²) in [6.45, 7) is 0.285. The van der Waals surface area contributed by atoms with Crippen LogP contribution in [-0.4, -0.2) is 45.3 Å². The monoisotopic (exact) mass is 523 g/mol. The summed E-state index contributed by atoms with van der Waals surface area (Å²) in [7, 11) is 1.59. The molecule has 0 aliphatic carbocycles. The Bertz CT molecular complexity index is 1290. The highest BCUT2D eigenvalue weighted by atomic mass is 35.5. The van der Waals surface area contributed by atoms with Crippen molar-refractivity contribution < 1.29 is 24.2 Å². The van der Waals surface area contributed by atoms with Crippen LogP contribution in [0.3, 0.4) is 0 Å². The lowest BCUT2D eigenvalue weighted by atomic mass is 10.1. The number of hydrogen-bond acceptors (Lipinski definition) is 6. The zero-order valence-electron chi connectivity index (χ0n) is 19.2. The number of carboxylic acid groups (broad SMARTS) is 1. The van der Waals surface area contributed by atoms with Crippen LogP contribution in [-0.2, 0) is 16.1 Å². The predicted molar refractivity (Wildman–Crippen MR) is 140 cm³/mol. The Balaban J connectivity index is 1.56. The first-order valence-electron chi connectivity index (χ1n) is 10.9. The number of nitrogens with one attached hydrogen (secondary N) is 1. The van der Waals surface area contributed by atoms with Crippen LogP contribution in [0.4, 0.5) is 11.4 Å². The predicted octanol–water partition coefficient (Wildman–Crippen LogP) is 5.21. The second kappa shape index (κ2) is 11.3. The second-order valence-electron chi connectivity index (χ2n) is 7.88. The molecule has 3 aromatic rings. The van der Waals surface area contributed by atoms with E-state index in [4.69, 9.17) is 21.4 Å². The fraction of sp³-hybridized carbons (Fsp3) is 0.154. The van der Waals surface area contributed by atoms with Gasteiger partial charge in [0.25, 0.3) is 0 Å². The van der Waals surface area contributed by atoms with Gasteiger partial charge in [0, 0.05) is 17.1 Å². The van der Waals surface area contributed by atoms with Crippen molar-refractivity contribution in [1.82, 2.24) is 4.90 Å². The summed E-state index contributed by atoms with van der Waals surface area (Å²) in [5.74, 6) is -0.953. The summed E-state index contributed by atoms with van der Waals surface area (Å²) in [6.07, 6.45) is -0.0144. The van der Waals surface area contributed by atoms with Crippen LogP contribution in [0.5, 0.6) is 5.75 Å². The topological polar surface area (TPSA) is 108 Å². The number of carbonyl (C=O) groups is 3. The number of hydrogen-bond donors (Lipinski definition) is 2. The molecule has 1 heterocycles. The minimum atomic E-state index is -1.05. The summed E-state index contributed by atoms with van der Waals surface area (Å²) in [5.41, 5.74) is 2.03. The van der Waals surface area contributed by atoms with E-state index in [2.05, 4.69) is 10.3 Å². The molecule has 1 atom stereocenters. The molecule has 0 spiro atoms. The van der Waals surface area contributed by atoms with E-state index in [-0.39, 0.29) is 30.3 Å². The van der Waals surface area contributed by atoms with Crippen molar-refractivity contribution in [1.29, 1.82) is 0 Å². The van der Waals surface area contributed by atoms with Crippen molar-refractivity contribution in [3.63, 3.8) is 0 Å². The molecule has 36 heavy (non-hydrogen) atoms. The number of amidine groups is 1. The van der Waals surface area contributed by atoms with E-state index in [0.717, 1.165) is 5.56 Å². The third-order valence-corrected chi connectivity index (χ3v) is 6.82. The molecule has 1 saturated heterocycles. The molecular formula is C26H22ClN3O5S. The number of ether oxygens (including phenoxy) is 1. The smallest absolute Gasteiger partial charge is 0.335 e. The molecule has 0 aromatic heterocycles. The zero-order valence-corrected chi connectivity index (χ0v) is 20.8. The largest absolute Gasteiger partial charge is 0.497 e. The molecular weight excluding hydrogens is 502 g/mol. The molecule has 0 saturated carbocycles. The van der Waals surface area contributed by atoms with Gasteiger partial charge in [0.1, 0.15) is 11.0 Å². The molecule has 1 aliphatic rings. The first kappa shape index (κ1) is 25.3. The number of thioether (sulfide) groups is 1. The summed E-state index contributed by atoms with van der Waals surface area (Å²) >= 11 is 7.19. The molecule has 184 valence electrons. The van der Waals surface area contributed by atoms with Gasteiger partial charge < -0.3 is 15.2 Å². The fourth-order valence-electron chi connectivity index (χ4n) is 3.46. The Kier molecular flexibility index (Phi) is 7.92. The van der Waals surface area contributed by atoms with Crippen molar-refractivity contribution in [3.05, 3.63) is 88.9 Å². The molecule has 10 heteroatoms. The van der Waals surface area contributed by atoms with Crippen molar-refractivity contribution in [2.45, 2.75) is 18.2 Å². The highest BCUT2D eigenvalue weighted by Crippen LogP contribution is 2.31. The van der Waals surface area contributed by atoms with Crippen molar-refractivity contribution in [2.75, 3.05) is 12.4 Å². The fourth-order valence-corrected chi connectivity index (χ4v) is 4.68. The molecule has 1 fully saturated rings. The van der Waals surface area contributed by atoms with Crippen LogP contribution in [0.25, 0.3) is 0 Å². The van der Waals surface area contributed by atoms with Gasteiger partial charge in [-0.15, -0.1) is 0 Å². The lowest BCUT2D eigenvalue weighted by Gasteiger charge is -2.32. The third kappa shape index (κ3) is 6.24. The number of methoxy groups -OCH3 is 1. The highest BCUT2D eigenvalue weighted by molar-refractivity contribution is 8.15. The van der Waals surface area contributed by atoms with Crippen LogP contribution in [0.15, 0.2) is 77.8 Å². The molecule has 1 unspecified atom stereocenters. The van der Waals surface area contributed by atoms with Crippen molar-refractivity contribution >= 4 is 57.7 Å². The lowest BCUT2D eigenvalue weighted by molar-refractivity contribution is -0.129. The van der Waals surface area contributed by atoms with Gasteiger partial charge in [0.2, 0.25) is 11.8 Å². The maximum Gasteiger partial charge on any atom is 0.335 e. The second-order valence-corrected chi connectivity index (χ2v) is 9.49. The molecule has 3 aromatic carbocycles. The number of nitrogens with zero attached hydrogens (tertiary/aromatic N) is 2. The lowest BCUT2D eigenvalue weighted by Crippen LogP contribution is -2.44. The van der Waals surface area contributed by atoms with E-state index >= 15 is 0 Å². The molecule has 8 nitrogen and oxygen atoms in total. The van der Waals surface area contributed by atoms with E-state index in [1.54, 1.807) is 36.3 Å². The van der Waals surface area contributed by atoms with Gasteiger partial charge >= 0.3 is 5.97 Å². The number of benzene rings is 3. The van der Waals surface area contributed by atoms with Gasteiger partial charge in [-0.2, -0.15) is 0 Å². The van der Waals surface area contributed by atoms with Crippen molar-refractivity contribution in [2.24, 2.45) is 4.99 Å². The van der Waals surface area contributed by atoms with Crippen molar-refractivity contribution in [3.8, 4) is 5.75 Å². The Hall–Kier alpha value is -3.82. The summed E-state index contributed by atoms with van der Waals surface area (Å²) in [4.78, 5) is 43.5. The van der Waals surface area contributed by atoms with E-state index in [9.17, 15) is 14.4 Å². The number of amides is 2. The van der Waals surface area contributed by atoms with Gasteiger partial charge in [-0.25, -0.2) is 9.79 Å². The Morgan fingerprint density at radius 2 is 1.75 bits per heavy atom. The Labute approximate surface area is 216 Å². The molecule has 0 bridgehead atoms. The minimum absolute atomic E-state index is 0.0144. The normalized spacial score (nSPS) is 16.6. The van der Waals surface area contributed by atoms with E-state index < -0.39 is 11.2 Å². The average Bonchev–Trinajstić information content (AvgIpc) is 2.88. The van der Waals surface area contributed by atoms with Crippen LogP contribution in [0.1, 0.15) is 22.3 Å². The third-order valence-electron chi connectivity index (χ3n) is 5.38. The first-order valence-corrected chi connectivity index (χ1v) is 12.2. The number of halogens is 1. The number of anilines is 1. The van der Waals surface area contributed by atoms with Gasteiger partial charge in [-0.1, -0.05) is 35.5 Å². The van der Waals surface area contributed by atoms with E-state index in [1.807, 2.05) is 24.3 Å². The van der Waals surface area contributed by atoms with Crippen LogP contribution >= 0.6 is 23.4 Å². The summed E-state index contributed by atoms with van der Waals surface area (Å²) in [5, 5.41) is 12.1. The minimum Gasteiger partial charge on any atom is -0.497 e. The van der Waals surface area contributed by atoms with Crippen LogP contribution < -0.4 is 10.1 Å². The summed E-state index contributed by atoms with van der Waals surface area (Å²) < 4.78 is 5.20. The molecule has 1 aliphatic heterocycles. The number of carboxylic acids is 1. The molecule has 0 radical (unpaired) electrons. The molecule has 2 amide bonds. The molecule has 4 rings (SSSR count). The van der Waals surface area contributed by atoms with Gasteiger partial charge in [0.05, 0.1) is 24.9 Å². The average molecular weight is 524 g/mol. The highest BCUT2D eigenvalue weighted by Gasteiger charge is 2.36.